The maximum Gasteiger partial charge on any atom is 0.411 e. The number of hydrogen-bond donors (Lipinski definition) is 1. The molecule has 0 aliphatic heterocycles. The average Bonchev–Trinajstić information content (AvgIpc) is 2.39. The third-order valence-corrected chi connectivity index (χ3v) is 1.94. The molecule has 2 aromatic heterocycles. The fourth-order valence-electron chi connectivity index (χ4n) is 1.17. The van der Waals surface area contributed by atoms with Gasteiger partial charge in [0.1, 0.15) is 0 Å². The van der Waals surface area contributed by atoms with E-state index < -0.39 is 6.09 Å². The van der Waals surface area contributed by atoms with Crippen LogP contribution in [-0.2, 0) is 0 Å². The van der Waals surface area contributed by atoms with Crippen molar-refractivity contribution in [1.29, 1.82) is 0 Å². The summed E-state index contributed by atoms with van der Waals surface area (Å²) < 4.78 is 9.39. The molecule has 18 heavy (non-hydrogen) atoms. The standard InChI is InChI=1S/C10H9N5O3/c1-17-10-14-2-6(3-15-10)7-4-13-8(5-12-7)18-9(11)16/h2-5H,1H3,(H2,11,16). The molecule has 92 valence electrons. The summed E-state index contributed by atoms with van der Waals surface area (Å²) >= 11 is 0. The Morgan fingerprint density at radius 1 is 1.11 bits per heavy atom. The number of hydrogen-bond acceptors (Lipinski definition) is 7. The van der Waals surface area contributed by atoms with Gasteiger partial charge in [0.15, 0.2) is 0 Å². The molecule has 1 amide bonds. The second kappa shape index (κ2) is 5.04. The zero-order chi connectivity index (χ0) is 13.0. The smallest absolute Gasteiger partial charge is 0.411 e. The van der Waals surface area contributed by atoms with Crippen LogP contribution < -0.4 is 15.2 Å². The quantitative estimate of drug-likeness (QED) is 0.834. The monoisotopic (exact) mass is 247 g/mol. The Morgan fingerprint density at radius 3 is 2.33 bits per heavy atom. The van der Waals surface area contributed by atoms with E-state index >= 15 is 0 Å². The Bertz CT molecular complexity index is 540. The van der Waals surface area contributed by atoms with Crippen LogP contribution in [0.4, 0.5) is 4.79 Å². The topological polar surface area (TPSA) is 113 Å². The van der Waals surface area contributed by atoms with Gasteiger partial charge in [-0.15, -0.1) is 0 Å². The highest BCUT2D eigenvalue weighted by Crippen LogP contribution is 2.16. The second-order valence-electron chi connectivity index (χ2n) is 3.12. The van der Waals surface area contributed by atoms with Gasteiger partial charge in [-0.3, -0.25) is 0 Å². The summed E-state index contributed by atoms with van der Waals surface area (Å²) in [5.41, 5.74) is 6.04. The van der Waals surface area contributed by atoms with Crippen molar-refractivity contribution in [3.8, 4) is 23.1 Å². The third kappa shape index (κ3) is 2.67. The van der Waals surface area contributed by atoms with Crippen LogP contribution in [0.1, 0.15) is 0 Å². The molecular formula is C10H9N5O3. The van der Waals surface area contributed by atoms with Crippen LogP contribution in [0.15, 0.2) is 24.8 Å². The van der Waals surface area contributed by atoms with Gasteiger partial charge < -0.3 is 15.2 Å². The van der Waals surface area contributed by atoms with Crippen molar-refractivity contribution < 1.29 is 14.3 Å². The SMILES string of the molecule is COc1ncc(-c2cnc(OC(N)=O)cn2)cn1. The van der Waals surface area contributed by atoms with E-state index in [1.165, 1.54) is 19.5 Å². The molecule has 8 heteroatoms. The highest BCUT2D eigenvalue weighted by atomic mass is 16.6. The summed E-state index contributed by atoms with van der Waals surface area (Å²) in [7, 11) is 1.48. The zero-order valence-electron chi connectivity index (χ0n) is 9.40. The van der Waals surface area contributed by atoms with Gasteiger partial charge in [0.2, 0.25) is 5.88 Å². The Labute approximate surface area is 102 Å². The molecular weight excluding hydrogens is 238 g/mol. The highest BCUT2D eigenvalue weighted by molar-refractivity contribution is 5.67. The second-order valence-corrected chi connectivity index (χ2v) is 3.12. The lowest BCUT2D eigenvalue weighted by molar-refractivity contribution is 0.209. The molecule has 0 radical (unpaired) electrons. The van der Waals surface area contributed by atoms with Gasteiger partial charge in [-0.05, 0) is 0 Å². The number of rotatable bonds is 3. The van der Waals surface area contributed by atoms with Crippen LogP contribution in [0.3, 0.4) is 0 Å². The molecule has 2 rings (SSSR count). The minimum absolute atomic E-state index is 0.0284. The number of aromatic nitrogens is 4. The van der Waals surface area contributed by atoms with Crippen molar-refractivity contribution in [1.82, 2.24) is 19.9 Å². The van der Waals surface area contributed by atoms with Crippen LogP contribution in [0.5, 0.6) is 11.9 Å². The summed E-state index contributed by atoms with van der Waals surface area (Å²) in [4.78, 5) is 26.3. The summed E-state index contributed by atoms with van der Waals surface area (Å²) in [5.74, 6) is 0.0284. The Hall–Kier alpha value is -2.77. The highest BCUT2D eigenvalue weighted by Gasteiger charge is 2.05. The lowest BCUT2D eigenvalue weighted by Gasteiger charge is -2.02. The zero-order valence-corrected chi connectivity index (χ0v) is 9.40. The van der Waals surface area contributed by atoms with Crippen LogP contribution >= 0.6 is 0 Å². The van der Waals surface area contributed by atoms with Gasteiger partial charge in [0.25, 0.3) is 0 Å². The van der Waals surface area contributed by atoms with E-state index in [-0.39, 0.29) is 11.9 Å². The van der Waals surface area contributed by atoms with Crippen LogP contribution in [-0.4, -0.2) is 33.1 Å². The molecule has 0 spiro atoms. The van der Waals surface area contributed by atoms with Crippen molar-refractivity contribution in [2.45, 2.75) is 0 Å². The van der Waals surface area contributed by atoms with E-state index in [2.05, 4.69) is 24.7 Å². The normalized spacial score (nSPS) is 9.83. The maximum absolute atomic E-state index is 10.5. The molecule has 8 nitrogen and oxygen atoms in total. The lowest BCUT2D eigenvalue weighted by atomic mass is 10.2. The van der Waals surface area contributed by atoms with E-state index in [9.17, 15) is 4.79 Å². The lowest BCUT2D eigenvalue weighted by Crippen LogP contribution is -2.17. The van der Waals surface area contributed by atoms with Crippen LogP contribution in [0.2, 0.25) is 0 Å². The molecule has 0 saturated heterocycles. The van der Waals surface area contributed by atoms with Crippen LogP contribution in [0.25, 0.3) is 11.3 Å². The Balaban J connectivity index is 2.20. The third-order valence-electron chi connectivity index (χ3n) is 1.94. The molecule has 2 heterocycles. The molecule has 0 aliphatic rings. The van der Waals surface area contributed by atoms with Gasteiger partial charge in [0.05, 0.1) is 25.2 Å². The predicted octanol–water partition coefficient (Wildman–Crippen LogP) is 0.400. The van der Waals surface area contributed by atoms with Crippen molar-refractivity contribution in [2.24, 2.45) is 5.73 Å². The predicted molar refractivity (Wildman–Crippen MR) is 59.8 cm³/mol. The van der Waals surface area contributed by atoms with E-state index in [1.54, 1.807) is 12.4 Å². The first-order valence-corrected chi connectivity index (χ1v) is 4.85. The Morgan fingerprint density at radius 2 is 1.83 bits per heavy atom. The number of nitrogens with two attached hydrogens (primary N) is 1. The molecule has 2 aromatic rings. The minimum atomic E-state index is -0.940. The molecule has 0 unspecified atom stereocenters. The number of primary amides is 1. The molecule has 0 fully saturated rings. The number of amides is 1. The van der Waals surface area contributed by atoms with Gasteiger partial charge in [-0.2, -0.15) is 0 Å². The number of methoxy groups -OCH3 is 1. The van der Waals surface area contributed by atoms with Gasteiger partial charge in [-0.1, -0.05) is 0 Å². The number of ether oxygens (including phenoxy) is 2. The average molecular weight is 247 g/mol. The molecule has 0 saturated carbocycles. The van der Waals surface area contributed by atoms with E-state index in [1.807, 2.05) is 0 Å². The van der Waals surface area contributed by atoms with Crippen molar-refractivity contribution in [3.05, 3.63) is 24.8 Å². The first-order chi connectivity index (χ1) is 8.69. The van der Waals surface area contributed by atoms with Gasteiger partial charge in [-0.25, -0.2) is 24.7 Å². The first kappa shape index (κ1) is 11.7. The number of carbonyl (C=O) groups excluding carboxylic acids is 1. The Kier molecular flexibility index (Phi) is 3.28. The van der Waals surface area contributed by atoms with Crippen molar-refractivity contribution >= 4 is 6.09 Å². The molecule has 0 bridgehead atoms. The molecule has 0 aliphatic carbocycles. The van der Waals surface area contributed by atoms with E-state index in [0.717, 1.165) is 0 Å². The molecule has 0 atom stereocenters. The van der Waals surface area contributed by atoms with Crippen LogP contribution in [0, 0.1) is 0 Å². The number of nitrogens with zero attached hydrogens (tertiary/aromatic N) is 4. The minimum Gasteiger partial charge on any atom is -0.467 e. The van der Waals surface area contributed by atoms with Gasteiger partial charge >= 0.3 is 12.1 Å². The largest absolute Gasteiger partial charge is 0.467 e. The van der Waals surface area contributed by atoms with Gasteiger partial charge in [0, 0.05) is 18.0 Å². The molecule has 0 aromatic carbocycles. The summed E-state index contributed by atoms with van der Waals surface area (Å²) in [6, 6.07) is 0.264. The summed E-state index contributed by atoms with van der Waals surface area (Å²) in [6.07, 6.45) is 4.85. The summed E-state index contributed by atoms with van der Waals surface area (Å²) in [5, 5.41) is 0. The molecule has 2 N–H and O–H groups in total. The fourth-order valence-corrected chi connectivity index (χ4v) is 1.17. The van der Waals surface area contributed by atoms with E-state index in [0.29, 0.717) is 11.3 Å². The number of carbonyl (C=O) groups is 1. The van der Waals surface area contributed by atoms with Crippen molar-refractivity contribution in [3.63, 3.8) is 0 Å². The van der Waals surface area contributed by atoms with E-state index in [4.69, 9.17) is 10.5 Å². The first-order valence-electron chi connectivity index (χ1n) is 4.85. The summed E-state index contributed by atoms with van der Waals surface area (Å²) in [6.45, 7) is 0. The maximum atomic E-state index is 10.5. The fraction of sp³-hybridized carbons (Fsp3) is 0.100. The van der Waals surface area contributed by atoms with Crippen molar-refractivity contribution in [2.75, 3.05) is 7.11 Å².